The van der Waals surface area contributed by atoms with Gasteiger partial charge >= 0.3 is 5.97 Å². The molecule has 11 nitrogen and oxygen atoms in total. The smallest absolute Gasteiger partial charge is 0.326 e. The average Bonchev–Trinajstić information content (AvgIpc) is 3.72. The molecule has 0 aliphatic carbocycles. The highest BCUT2D eigenvalue weighted by Crippen LogP contribution is 2.42. The van der Waals surface area contributed by atoms with Crippen LogP contribution in [0.3, 0.4) is 0 Å². The van der Waals surface area contributed by atoms with Crippen molar-refractivity contribution in [3.8, 4) is 22.4 Å². The van der Waals surface area contributed by atoms with Gasteiger partial charge in [0.25, 0.3) is 5.91 Å². The summed E-state index contributed by atoms with van der Waals surface area (Å²) in [5.74, 6) is -2.88. The highest BCUT2D eigenvalue weighted by molar-refractivity contribution is 6.12. The monoisotopic (exact) mass is 997 g/mol. The number of halogens is 1. The third kappa shape index (κ3) is 21.8. The Labute approximate surface area is 432 Å². The summed E-state index contributed by atoms with van der Waals surface area (Å²) in [6.07, 6.45) is 30.5. The SMILES string of the molecule is CC/C=C\C/C=C\C/C=C\C/C=C\C/C=C\C/C=C\CCC(=O)NCCCCC(NC(=O)C[C@H](O)C[C@H](O)CCn1c(-c2ccc(F)cc2)c(-c2ccccc2)c(C(=O)Nc2ccccc2)c1C(C)C)C(=O)O. The number of aliphatic hydroxyl groups excluding tert-OH is 2. The van der Waals surface area contributed by atoms with Crippen LogP contribution in [0, 0.1) is 5.82 Å². The first-order valence-electron chi connectivity index (χ1n) is 25.9. The Kier molecular flexibility index (Phi) is 27.1. The van der Waals surface area contributed by atoms with Gasteiger partial charge in [-0.25, -0.2) is 9.18 Å². The summed E-state index contributed by atoms with van der Waals surface area (Å²) >= 11 is 0. The molecule has 0 bridgehead atoms. The molecule has 0 radical (unpaired) electrons. The first kappa shape index (κ1) is 58.7. The van der Waals surface area contributed by atoms with Crippen molar-refractivity contribution in [2.24, 2.45) is 0 Å². The zero-order chi connectivity index (χ0) is 52.6. The van der Waals surface area contributed by atoms with E-state index >= 15 is 0 Å². The summed E-state index contributed by atoms with van der Waals surface area (Å²) in [4.78, 5) is 51.7. The van der Waals surface area contributed by atoms with Gasteiger partial charge in [-0.3, -0.25) is 14.4 Å². The molecular weight excluding hydrogens is 920 g/mol. The van der Waals surface area contributed by atoms with E-state index < -0.39 is 42.4 Å². The molecule has 4 rings (SSSR count). The first-order valence-corrected chi connectivity index (χ1v) is 25.9. The molecule has 1 unspecified atom stereocenters. The van der Waals surface area contributed by atoms with Crippen LogP contribution in [0.15, 0.2) is 158 Å². The molecule has 390 valence electrons. The second kappa shape index (κ2) is 33.7. The van der Waals surface area contributed by atoms with Crippen LogP contribution >= 0.6 is 0 Å². The number of carbonyl (C=O) groups excluding carboxylic acids is 3. The second-order valence-electron chi connectivity index (χ2n) is 18.3. The first-order chi connectivity index (χ1) is 35.4. The highest BCUT2D eigenvalue weighted by Gasteiger charge is 2.31. The van der Waals surface area contributed by atoms with Crippen molar-refractivity contribution in [1.82, 2.24) is 15.2 Å². The van der Waals surface area contributed by atoms with Gasteiger partial charge in [0.15, 0.2) is 0 Å². The number of carboxylic acids is 1. The molecule has 3 amide bonds. The predicted molar refractivity (Wildman–Crippen MR) is 293 cm³/mol. The van der Waals surface area contributed by atoms with Crippen molar-refractivity contribution in [3.63, 3.8) is 0 Å². The molecule has 3 aromatic carbocycles. The summed E-state index contributed by atoms with van der Waals surface area (Å²) < 4.78 is 16.3. The number of carboxylic acid groups (broad SMARTS) is 1. The largest absolute Gasteiger partial charge is 0.480 e. The summed E-state index contributed by atoms with van der Waals surface area (Å²) in [5, 5.41) is 40.5. The number of aliphatic carboxylic acids is 1. The fourth-order valence-corrected chi connectivity index (χ4v) is 8.37. The number of rotatable bonds is 33. The van der Waals surface area contributed by atoms with E-state index in [-0.39, 0.29) is 43.5 Å². The fourth-order valence-electron chi connectivity index (χ4n) is 8.37. The quantitative estimate of drug-likeness (QED) is 0.0204. The summed E-state index contributed by atoms with van der Waals surface area (Å²) in [5.41, 5.74) is 4.53. The third-order valence-corrected chi connectivity index (χ3v) is 12.0. The maximum Gasteiger partial charge on any atom is 0.326 e. The van der Waals surface area contributed by atoms with E-state index in [4.69, 9.17) is 0 Å². The Morgan fingerprint density at radius 1 is 0.658 bits per heavy atom. The number of hydrogen-bond donors (Lipinski definition) is 6. The van der Waals surface area contributed by atoms with E-state index in [9.17, 15) is 38.9 Å². The van der Waals surface area contributed by atoms with E-state index in [0.717, 1.165) is 44.1 Å². The van der Waals surface area contributed by atoms with Crippen molar-refractivity contribution < 1.29 is 38.9 Å². The van der Waals surface area contributed by atoms with Crippen LogP contribution in [0.1, 0.15) is 133 Å². The second-order valence-corrected chi connectivity index (χ2v) is 18.3. The number of benzene rings is 3. The van der Waals surface area contributed by atoms with Gasteiger partial charge in [-0.15, -0.1) is 0 Å². The van der Waals surface area contributed by atoms with Gasteiger partial charge in [0.1, 0.15) is 11.9 Å². The van der Waals surface area contributed by atoms with Crippen molar-refractivity contribution >= 4 is 29.4 Å². The lowest BCUT2D eigenvalue weighted by Gasteiger charge is -2.21. The number of nitrogens with one attached hydrogen (secondary N) is 3. The van der Waals surface area contributed by atoms with E-state index in [2.05, 4.69) is 83.6 Å². The standard InChI is InChI=1S/C61H77FN4O7/c1-4-5-6-7-8-9-10-11-12-13-14-15-16-17-18-19-20-21-28-36-54(69)63-42-30-29-35-53(61(72)73)65-55(70)45-52(68)44-51(67)41-43-66-58(46(2)3)57(60(71)64-50-33-26-23-27-34-50)56(47-31-24-22-25-32-47)59(66)48-37-39-49(62)40-38-48/h5-6,8-9,11-12,14-15,17-18,20-27,31-34,37-40,46,51-53,67-68H,4,7,10,13,16,19,28-30,35-36,41-45H2,1-3H3,(H,63,69)(H,64,71)(H,65,70)(H,72,73)/b6-5-,9-8-,12-11-,15-14-,18-17-,21-20-/t51-,52-,53?/m1/s1. The van der Waals surface area contributed by atoms with Gasteiger partial charge in [0.2, 0.25) is 11.8 Å². The molecule has 6 N–H and O–H groups in total. The van der Waals surface area contributed by atoms with E-state index in [1.807, 2.05) is 79.1 Å². The Morgan fingerprint density at radius 2 is 1.22 bits per heavy atom. The number of aliphatic hydroxyl groups is 2. The van der Waals surface area contributed by atoms with E-state index in [1.165, 1.54) is 12.1 Å². The maximum atomic E-state index is 14.4. The number of nitrogens with zero attached hydrogens (tertiary/aromatic N) is 1. The number of carbonyl (C=O) groups is 4. The van der Waals surface area contributed by atoms with Crippen LogP contribution < -0.4 is 16.0 Å². The topological polar surface area (TPSA) is 170 Å². The van der Waals surface area contributed by atoms with Crippen molar-refractivity contribution in [1.29, 1.82) is 0 Å². The van der Waals surface area contributed by atoms with Gasteiger partial charge in [-0.1, -0.05) is 142 Å². The molecule has 3 atom stereocenters. The molecule has 0 saturated heterocycles. The lowest BCUT2D eigenvalue weighted by Crippen LogP contribution is -2.42. The fraction of sp³-hybridized carbons (Fsp3) is 0.377. The molecule has 0 aliphatic heterocycles. The molecule has 12 heteroatoms. The van der Waals surface area contributed by atoms with Crippen LogP contribution in [-0.4, -0.2) is 68.4 Å². The molecule has 0 saturated carbocycles. The van der Waals surface area contributed by atoms with Crippen LogP contribution in [-0.2, 0) is 20.9 Å². The van der Waals surface area contributed by atoms with Crippen LogP contribution in [0.5, 0.6) is 0 Å². The van der Waals surface area contributed by atoms with Crippen LogP contribution in [0.2, 0.25) is 0 Å². The normalized spacial score (nSPS) is 13.3. The Morgan fingerprint density at radius 3 is 1.78 bits per heavy atom. The van der Waals surface area contributed by atoms with Crippen LogP contribution in [0.25, 0.3) is 22.4 Å². The van der Waals surface area contributed by atoms with Crippen molar-refractivity contribution in [2.75, 3.05) is 11.9 Å². The minimum absolute atomic E-state index is 0.0891. The highest BCUT2D eigenvalue weighted by atomic mass is 19.1. The number of hydrogen-bond acceptors (Lipinski definition) is 6. The summed E-state index contributed by atoms with van der Waals surface area (Å²) in [7, 11) is 0. The van der Waals surface area contributed by atoms with Gasteiger partial charge in [-0.05, 0) is 130 Å². The molecular formula is C61H77FN4O7. The third-order valence-electron chi connectivity index (χ3n) is 12.0. The Balaban J connectivity index is 1.21. The van der Waals surface area contributed by atoms with Gasteiger partial charge in [-0.2, -0.15) is 0 Å². The Bertz CT molecular complexity index is 2470. The van der Waals surface area contributed by atoms with Gasteiger partial charge in [0.05, 0.1) is 29.9 Å². The van der Waals surface area contributed by atoms with Gasteiger partial charge < -0.3 is 35.8 Å². The predicted octanol–water partition coefficient (Wildman–Crippen LogP) is 12.6. The van der Waals surface area contributed by atoms with E-state index in [0.29, 0.717) is 66.0 Å². The minimum atomic E-state index is -1.27. The lowest BCUT2D eigenvalue weighted by atomic mass is 9.94. The molecule has 4 aromatic rings. The Hall–Kier alpha value is -6.89. The number of anilines is 1. The summed E-state index contributed by atoms with van der Waals surface area (Å²) in [6.45, 7) is 6.68. The number of allylic oxidation sites excluding steroid dienone is 12. The number of para-hydroxylation sites is 1. The maximum absolute atomic E-state index is 14.4. The number of aromatic nitrogens is 1. The molecule has 0 spiro atoms. The zero-order valence-electron chi connectivity index (χ0n) is 42.9. The van der Waals surface area contributed by atoms with Crippen molar-refractivity contribution in [3.05, 3.63) is 175 Å². The molecule has 1 aromatic heterocycles. The molecule has 73 heavy (non-hydrogen) atoms. The molecule has 1 heterocycles. The van der Waals surface area contributed by atoms with E-state index in [1.54, 1.807) is 24.3 Å². The average molecular weight is 997 g/mol. The number of unbranched alkanes of at least 4 members (excludes halogenated alkanes) is 1. The summed E-state index contributed by atoms with van der Waals surface area (Å²) in [6, 6.07) is 23.5. The zero-order valence-corrected chi connectivity index (χ0v) is 42.9. The molecule has 0 fully saturated rings. The van der Waals surface area contributed by atoms with Crippen LogP contribution in [0.4, 0.5) is 10.1 Å². The molecule has 0 aliphatic rings. The van der Waals surface area contributed by atoms with Gasteiger partial charge in [0, 0.05) is 36.5 Å². The number of amides is 3. The van der Waals surface area contributed by atoms with Crippen molar-refractivity contribution in [2.45, 2.75) is 141 Å². The lowest BCUT2D eigenvalue weighted by molar-refractivity contribution is -0.142. The minimum Gasteiger partial charge on any atom is -0.480 e.